The van der Waals surface area contributed by atoms with Crippen LogP contribution in [0.5, 0.6) is 0 Å². The van der Waals surface area contributed by atoms with Crippen molar-refractivity contribution in [1.29, 1.82) is 0 Å². The van der Waals surface area contributed by atoms with Gasteiger partial charge in [-0.2, -0.15) is 12.1 Å². The summed E-state index contributed by atoms with van der Waals surface area (Å²) < 4.78 is 0. The van der Waals surface area contributed by atoms with Gasteiger partial charge in [0.2, 0.25) is 0 Å². The minimum Gasteiger partial charge on any atom is -1.00 e. The molecule has 5 aromatic carbocycles. The van der Waals surface area contributed by atoms with Crippen molar-refractivity contribution in [2.45, 2.75) is 33.9 Å². The monoisotopic (exact) mass is 568 g/mol. The third kappa shape index (κ3) is 12.6. The van der Waals surface area contributed by atoms with Gasteiger partial charge < -0.3 is 24.8 Å². The van der Waals surface area contributed by atoms with Gasteiger partial charge in [0.1, 0.15) is 0 Å². The van der Waals surface area contributed by atoms with Gasteiger partial charge in [0.25, 0.3) is 0 Å². The van der Waals surface area contributed by atoms with E-state index in [4.69, 9.17) is 0 Å². The Labute approximate surface area is 227 Å². The molecule has 0 radical (unpaired) electrons. The second-order valence-corrected chi connectivity index (χ2v) is 17.4. The summed E-state index contributed by atoms with van der Waals surface area (Å²) in [5.74, 6) is 0. The van der Waals surface area contributed by atoms with Gasteiger partial charge in [-0.3, -0.25) is 0 Å². The Morgan fingerprint density at radius 1 is 0.576 bits per heavy atom. The smallest absolute Gasteiger partial charge is 0.0398 e. The van der Waals surface area contributed by atoms with E-state index in [1.54, 1.807) is 23.3 Å². The van der Waals surface area contributed by atoms with E-state index in [9.17, 15) is 0 Å². The van der Waals surface area contributed by atoms with Gasteiger partial charge in [-0.15, -0.1) is 81.2 Å². The van der Waals surface area contributed by atoms with Gasteiger partial charge in [0.15, 0.2) is 0 Å². The Morgan fingerprint density at radius 3 is 1.21 bits per heavy atom. The number of fused-ring (bicyclic) bond motifs is 2. The average molecular weight is 571 g/mol. The second kappa shape index (κ2) is 17.1. The molecule has 0 heterocycles. The standard InChI is InChI=1S/2C10H9.C7H8.C2H6Si.2ClH.Zr/c2*1-8-6-9-4-2-3-5-10(9)7-8;1-7-5-3-2-4-6-7;1-3-2;;;/h2*2-7H,1H3;2-6H,1H3;1-2H3;2*1H;/q2*-1;;;;;+2/p-2. The molecule has 0 fully saturated rings. The van der Waals surface area contributed by atoms with Crippen LogP contribution in [-0.4, -0.2) is 5.43 Å². The normalized spacial score (nSPS) is 9.06. The molecule has 0 N–H and O–H groups in total. The van der Waals surface area contributed by atoms with Crippen molar-refractivity contribution in [3.63, 3.8) is 0 Å². The summed E-state index contributed by atoms with van der Waals surface area (Å²) in [5, 5.41) is 5.39. The van der Waals surface area contributed by atoms with Crippen molar-refractivity contribution in [2.75, 3.05) is 0 Å². The fraction of sp³-hybridized carbons (Fsp3) is 0.172. The molecule has 0 saturated carbocycles. The second-order valence-electron chi connectivity index (χ2n) is 7.98. The Balaban J connectivity index is 0.000000425. The van der Waals surface area contributed by atoms with Gasteiger partial charge in [-0.25, -0.2) is 0 Å². The minimum absolute atomic E-state index is 0. The van der Waals surface area contributed by atoms with Gasteiger partial charge in [0.05, 0.1) is 0 Å². The van der Waals surface area contributed by atoms with E-state index in [1.165, 1.54) is 38.2 Å². The van der Waals surface area contributed by atoms with Gasteiger partial charge in [-0.05, 0) is 6.92 Å². The maximum absolute atomic E-state index is 2.31. The third-order valence-corrected chi connectivity index (χ3v) is 4.47. The van der Waals surface area contributed by atoms with E-state index in [0.29, 0.717) is 0 Å². The van der Waals surface area contributed by atoms with Crippen molar-refractivity contribution < 1.29 is 48.1 Å². The van der Waals surface area contributed by atoms with Gasteiger partial charge in [-0.1, -0.05) is 61.9 Å². The molecule has 5 rings (SSSR count). The van der Waals surface area contributed by atoms with E-state index >= 15 is 0 Å². The summed E-state index contributed by atoms with van der Waals surface area (Å²) in [7, 11) is 0. The van der Waals surface area contributed by atoms with Crippen LogP contribution in [0.25, 0.3) is 21.5 Å². The first-order valence-corrected chi connectivity index (χ1v) is 16.8. The molecule has 172 valence electrons. The largest absolute Gasteiger partial charge is 1.00 e. The van der Waals surface area contributed by atoms with E-state index in [2.05, 4.69) is 119 Å². The number of aryl methyl sites for hydroxylation is 3. The quantitative estimate of drug-likeness (QED) is 0.198. The first kappa shape index (κ1) is 31.6. The Hall–Kier alpha value is -1.44. The fourth-order valence-corrected chi connectivity index (χ4v) is 3.15. The molecule has 5 aromatic rings. The van der Waals surface area contributed by atoms with Crippen LogP contribution < -0.4 is 24.8 Å². The molecule has 0 atom stereocenters. The molecule has 0 spiro atoms. The zero-order chi connectivity index (χ0) is 22.6. The molecular formula is C29H32Cl2SiZr-2. The summed E-state index contributed by atoms with van der Waals surface area (Å²) in [6.45, 7) is 11.0. The SMILES string of the molecule is C[Si](C)=[Zr+2].Cc1cc2ccccc2[cH-]1.Cc1cc2ccccc2[cH-]1.Cc1ccccc1.[Cl-].[Cl-]. The molecule has 0 amide bonds. The van der Waals surface area contributed by atoms with E-state index in [0.717, 1.165) is 0 Å². The van der Waals surface area contributed by atoms with Crippen LogP contribution in [0.2, 0.25) is 13.1 Å². The van der Waals surface area contributed by atoms with Crippen LogP contribution >= 0.6 is 0 Å². The van der Waals surface area contributed by atoms with Gasteiger partial charge in [0, 0.05) is 0 Å². The third-order valence-electron chi connectivity index (χ3n) is 4.47. The summed E-state index contributed by atoms with van der Waals surface area (Å²) in [4.78, 5) is 0. The van der Waals surface area contributed by atoms with E-state index < -0.39 is 0 Å². The van der Waals surface area contributed by atoms with Crippen LogP contribution in [-0.2, 0) is 23.3 Å². The van der Waals surface area contributed by atoms with Crippen molar-refractivity contribution in [2.24, 2.45) is 0 Å². The summed E-state index contributed by atoms with van der Waals surface area (Å²) in [6, 6.07) is 35.9. The average Bonchev–Trinajstić information content (AvgIpc) is 3.29. The molecule has 0 unspecified atom stereocenters. The molecule has 4 heteroatoms. The Morgan fingerprint density at radius 2 is 0.909 bits per heavy atom. The van der Waals surface area contributed by atoms with E-state index in [-0.39, 0.29) is 30.2 Å². The number of benzene rings is 3. The van der Waals surface area contributed by atoms with Crippen molar-refractivity contribution >= 4 is 27.0 Å². The maximum atomic E-state index is 2.31. The van der Waals surface area contributed by atoms with Crippen LogP contribution in [0, 0.1) is 20.8 Å². The predicted octanol–water partition coefficient (Wildman–Crippen LogP) is 2.52. The molecule has 0 aliphatic rings. The molecule has 0 aliphatic carbocycles. The first-order valence-electron chi connectivity index (χ1n) is 10.6. The fourth-order valence-electron chi connectivity index (χ4n) is 3.15. The summed E-state index contributed by atoms with van der Waals surface area (Å²) in [5.41, 5.74) is 4.23. The van der Waals surface area contributed by atoms with Crippen LogP contribution in [0.1, 0.15) is 16.7 Å². The number of halogens is 2. The zero-order valence-corrected chi connectivity index (χ0v) is 25.0. The van der Waals surface area contributed by atoms with E-state index in [1.807, 2.05) is 18.2 Å². The number of rotatable bonds is 0. The van der Waals surface area contributed by atoms with Crippen LogP contribution in [0.15, 0.2) is 103 Å². The van der Waals surface area contributed by atoms with Crippen LogP contribution in [0.4, 0.5) is 0 Å². The summed E-state index contributed by atoms with van der Waals surface area (Å²) >= 11 is 1.74. The molecule has 0 saturated heterocycles. The number of hydrogen-bond acceptors (Lipinski definition) is 0. The first-order chi connectivity index (χ1) is 14.8. The zero-order valence-electron chi connectivity index (χ0n) is 20.1. The predicted molar refractivity (Wildman–Crippen MR) is 137 cm³/mol. The number of hydrogen-bond donors (Lipinski definition) is 0. The Bertz CT molecular complexity index is 1060. The maximum Gasteiger partial charge on any atom is -0.0398 e. The van der Waals surface area contributed by atoms with Gasteiger partial charge >= 0.3 is 41.9 Å². The topological polar surface area (TPSA) is 0 Å². The molecule has 0 bridgehead atoms. The summed E-state index contributed by atoms with van der Waals surface area (Å²) in [6.07, 6.45) is 0. The van der Waals surface area contributed by atoms with Crippen molar-refractivity contribution in [3.8, 4) is 0 Å². The molecule has 0 aromatic heterocycles. The van der Waals surface area contributed by atoms with Crippen LogP contribution in [0.3, 0.4) is 0 Å². The molecule has 33 heavy (non-hydrogen) atoms. The Kier molecular flexibility index (Phi) is 16.3. The van der Waals surface area contributed by atoms with Crippen molar-refractivity contribution in [1.82, 2.24) is 0 Å². The molecular weight excluding hydrogens is 539 g/mol. The minimum atomic E-state index is 0. The molecule has 0 nitrogen and oxygen atoms in total. The van der Waals surface area contributed by atoms with Crippen molar-refractivity contribution in [3.05, 3.63) is 120 Å². The molecule has 0 aliphatic heterocycles.